The first-order valence-corrected chi connectivity index (χ1v) is 9.58. The second-order valence-corrected chi connectivity index (χ2v) is 8.22. The van der Waals surface area contributed by atoms with Crippen molar-refractivity contribution in [2.24, 2.45) is 0 Å². The third kappa shape index (κ3) is 4.18. The van der Waals surface area contributed by atoms with Gasteiger partial charge in [0.1, 0.15) is 0 Å². The average molecular weight is 397 g/mol. The molecule has 0 heterocycles. The molecule has 1 fully saturated rings. The Morgan fingerprint density at radius 1 is 1.48 bits per heavy atom. The van der Waals surface area contributed by atoms with Gasteiger partial charge in [-0.3, -0.25) is 4.79 Å². The normalized spacial score (nSPS) is 21.7. The molecule has 1 aromatic carbocycles. The number of hydrogen-bond donors (Lipinski definition) is 1. The third-order valence-electron chi connectivity index (χ3n) is 3.30. The van der Waals surface area contributed by atoms with E-state index in [0.29, 0.717) is 11.1 Å². The van der Waals surface area contributed by atoms with Crippen LogP contribution in [0.2, 0.25) is 0 Å². The third-order valence-corrected chi connectivity index (χ3v) is 5.34. The monoisotopic (exact) mass is 395 g/mol. The summed E-state index contributed by atoms with van der Waals surface area (Å²) in [5.74, 6) is -0.330. The lowest BCUT2D eigenvalue weighted by Crippen LogP contribution is -2.47. The molecule has 21 heavy (non-hydrogen) atoms. The van der Waals surface area contributed by atoms with Crippen LogP contribution in [0.15, 0.2) is 27.6 Å². The molecular weight excluding hydrogens is 382 g/mol. The van der Waals surface area contributed by atoms with Crippen molar-refractivity contribution in [2.45, 2.75) is 36.8 Å². The van der Waals surface area contributed by atoms with E-state index in [0.717, 1.165) is 12.8 Å². The molecule has 1 aliphatic rings. The smallest absolute Gasteiger partial charge is 0.261 e. The minimum atomic E-state index is -3.86. The van der Waals surface area contributed by atoms with Crippen LogP contribution in [0.1, 0.15) is 30.1 Å². The Morgan fingerprint density at radius 3 is 2.71 bits per heavy atom. The zero-order valence-corrected chi connectivity index (χ0v) is 14.5. The van der Waals surface area contributed by atoms with Crippen LogP contribution in [0.25, 0.3) is 0 Å². The van der Waals surface area contributed by atoms with Crippen molar-refractivity contribution in [3.8, 4) is 0 Å². The van der Waals surface area contributed by atoms with Crippen molar-refractivity contribution in [2.75, 3.05) is 6.61 Å². The Kier molecular flexibility index (Phi) is 5.29. The predicted octanol–water partition coefficient (Wildman–Crippen LogP) is 2.67. The summed E-state index contributed by atoms with van der Waals surface area (Å²) in [5, 5.41) is 2.85. The summed E-state index contributed by atoms with van der Waals surface area (Å²) in [6.45, 7) is 2.59. The van der Waals surface area contributed by atoms with Crippen LogP contribution >= 0.6 is 26.6 Å². The molecule has 0 aromatic heterocycles. The highest BCUT2D eigenvalue weighted by Gasteiger charge is 2.31. The van der Waals surface area contributed by atoms with E-state index in [-0.39, 0.29) is 28.5 Å². The van der Waals surface area contributed by atoms with E-state index in [2.05, 4.69) is 21.2 Å². The van der Waals surface area contributed by atoms with Crippen molar-refractivity contribution in [1.29, 1.82) is 0 Å². The van der Waals surface area contributed by atoms with E-state index >= 15 is 0 Å². The predicted molar refractivity (Wildman–Crippen MR) is 83.1 cm³/mol. The fourth-order valence-electron chi connectivity index (χ4n) is 2.15. The summed E-state index contributed by atoms with van der Waals surface area (Å²) in [7, 11) is 1.43. The number of amides is 1. The topological polar surface area (TPSA) is 72.5 Å². The molecule has 8 heteroatoms. The first kappa shape index (κ1) is 16.7. The van der Waals surface area contributed by atoms with Crippen LogP contribution in [0.3, 0.4) is 0 Å². The summed E-state index contributed by atoms with van der Waals surface area (Å²) < 4.78 is 28.6. The van der Waals surface area contributed by atoms with Crippen LogP contribution in [0, 0.1) is 0 Å². The molecule has 0 aliphatic heterocycles. The van der Waals surface area contributed by atoms with Gasteiger partial charge in [-0.15, -0.1) is 0 Å². The molecule has 5 nitrogen and oxygen atoms in total. The number of ether oxygens (including phenoxy) is 1. The second-order valence-electron chi connectivity index (χ2n) is 4.80. The lowest BCUT2D eigenvalue weighted by atomic mass is 9.89. The molecule has 116 valence electrons. The first-order chi connectivity index (χ1) is 9.81. The van der Waals surface area contributed by atoms with Crippen molar-refractivity contribution in [3.05, 3.63) is 28.2 Å². The maximum Gasteiger partial charge on any atom is 0.261 e. The van der Waals surface area contributed by atoms with Crippen LogP contribution in [0.4, 0.5) is 0 Å². The molecule has 0 saturated heterocycles. The Hall–Kier alpha value is -0.630. The summed E-state index contributed by atoms with van der Waals surface area (Å²) in [5.41, 5.74) is 0.247. The minimum absolute atomic E-state index is 0.0530. The number of nitrogens with one attached hydrogen (secondary N) is 1. The Morgan fingerprint density at radius 2 is 2.14 bits per heavy atom. The van der Waals surface area contributed by atoms with E-state index in [4.69, 9.17) is 15.4 Å². The Balaban J connectivity index is 2.06. The molecule has 1 amide bonds. The SMILES string of the molecule is CCOC1CC(NC(=O)c2cc(S(=O)(=O)Cl)ccc2Br)C1. The standard InChI is InChI=1S/C13H15BrClNO4S/c1-2-20-9-5-8(6-9)16-13(17)11-7-10(21(15,18)19)3-4-12(11)14/h3-4,7-9H,2,5-6H2,1H3,(H,16,17). The van der Waals surface area contributed by atoms with Gasteiger partial charge in [0.2, 0.25) is 0 Å². The summed E-state index contributed by atoms with van der Waals surface area (Å²) in [4.78, 5) is 12.1. The second kappa shape index (κ2) is 6.64. The van der Waals surface area contributed by atoms with E-state index in [9.17, 15) is 13.2 Å². The van der Waals surface area contributed by atoms with E-state index < -0.39 is 9.05 Å². The molecule has 0 radical (unpaired) electrons. The highest BCUT2D eigenvalue weighted by molar-refractivity contribution is 9.10. The number of benzene rings is 1. The molecule has 0 unspecified atom stereocenters. The van der Waals surface area contributed by atoms with Crippen LogP contribution in [-0.2, 0) is 13.8 Å². The van der Waals surface area contributed by atoms with E-state index in [1.165, 1.54) is 18.2 Å². The van der Waals surface area contributed by atoms with Gasteiger partial charge in [-0.25, -0.2) is 8.42 Å². The van der Waals surface area contributed by atoms with Crippen LogP contribution in [-0.4, -0.2) is 33.1 Å². The summed E-state index contributed by atoms with van der Waals surface area (Å²) in [6, 6.07) is 4.16. The van der Waals surface area contributed by atoms with Gasteiger partial charge in [0, 0.05) is 27.8 Å². The van der Waals surface area contributed by atoms with E-state index in [1.54, 1.807) is 0 Å². The maximum absolute atomic E-state index is 12.2. The van der Waals surface area contributed by atoms with Crippen molar-refractivity contribution < 1.29 is 17.9 Å². The van der Waals surface area contributed by atoms with Gasteiger partial charge in [-0.05, 0) is 53.9 Å². The minimum Gasteiger partial charge on any atom is -0.378 e. The van der Waals surface area contributed by atoms with E-state index in [1.807, 2.05) is 6.92 Å². The molecule has 0 spiro atoms. The first-order valence-electron chi connectivity index (χ1n) is 6.48. The van der Waals surface area contributed by atoms with Gasteiger partial charge in [-0.2, -0.15) is 0 Å². The van der Waals surface area contributed by atoms with Crippen molar-refractivity contribution in [3.63, 3.8) is 0 Å². The molecule has 2 rings (SSSR count). The molecule has 1 N–H and O–H groups in total. The number of carbonyl (C=O) groups is 1. The van der Waals surface area contributed by atoms with Crippen molar-refractivity contribution >= 4 is 41.6 Å². The molecule has 1 saturated carbocycles. The largest absolute Gasteiger partial charge is 0.378 e. The lowest BCUT2D eigenvalue weighted by Gasteiger charge is -2.35. The molecular formula is C13H15BrClNO4S. The highest BCUT2D eigenvalue weighted by Crippen LogP contribution is 2.26. The van der Waals surface area contributed by atoms with Gasteiger partial charge in [0.25, 0.3) is 15.0 Å². The average Bonchev–Trinajstić information content (AvgIpc) is 2.35. The number of rotatable bonds is 5. The Labute approximate surface area is 136 Å². The number of carbonyl (C=O) groups excluding carboxylic acids is 1. The molecule has 1 aromatic rings. The summed E-state index contributed by atoms with van der Waals surface area (Å²) in [6.07, 6.45) is 1.73. The van der Waals surface area contributed by atoms with Gasteiger partial charge in [0.05, 0.1) is 16.6 Å². The molecule has 1 aliphatic carbocycles. The number of hydrogen-bond acceptors (Lipinski definition) is 4. The van der Waals surface area contributed by atoms with Crippen molar-refractivity contribution in [1.82, 2.24) is 5.32 Å². The van der Waals surface area contributed by atoms with Gasteiger partial charge < -0.3 is 10.1 Å². The zero-order valence-electron chi connectivity index (χ0n) is 11.3. The lowest BCUT2D eigenvalue weighted by molar-refractivity contribution is -0.00863. The Bertz CT molecular complexity index is 644. The van der Waals surface area contributed by atoms with Crippen LogP contribution in [0.5, 0.6) is 0 Å². The zero-order chi connectivity index (χ0) is 15.6. The fraction of sp³-hybridized carbons (Fsp3) is 0.462. The quantitative estimate of drug-likeness (QED) is 0.777. The highest BCUT2D eigenvalue weighted by atomic mass is 79.9. The van der Waals surface area contributed by atoms with Gasteiger partial charge in [0.15, 0.2) is 0 Å². The van der Waals surface area contributed by atoms with Crippen LogP contribution < -0.4 is 5.32 Å². The van der Waals surface area contributed by atoms with Gasteiger partial charge in [-0.1, -0.05) is 0 Å². The fourth-order valence-corrected chi connectivity index (χ4v) is 3.35. The molecule has 0 bridgehead atoms. The maximum atomic E-state index is 12.2. The number of halogens is 2. The summed E-state index contributed by atoms with van der Waals surface area (Å²) >= 11 is 3.24. The molecule has 0 atom stereocenters. The van der Waals surface area contributed by atoms with Gasteiger partial charge >= 0.3 is 0 Å².